The third kappa shape index (κ3) is 3.82. The second-order valence-corrected chi connectivity index (χ2v) is 6.65. The van der Waals surface area contributed by atoms with Crippen LogP contribution in [0, 0.1) is 0 Å². The minimum atomic E-state index is -0.410. The summed E-state index contributed by atoms with van der Waals surface area (Å²) >= 11 is 0. The van der Waals surface area contributed by atoms with Crippen LogP contribution in [0.2, 0.25) is 0 Å². The number of nitrogens with one attached hydrogen (secondary N) is 1. The Morgan fingerprint density at radius 3 is 2.59 bits per heavy atom. The Hall–Kier alpha value is -3.68. The number of Topliss-reactive ketones (excluding diaryl/α,β-unsaturated/α-hetero) is 1. The molecule has 2 aromatic heterocycles. The van der Waals surface area contributed by atoms with Gasteiger partial charge in [-0.25, -0.2) is 9.97 Å². The molecule has 2 heterocycles. The van der Waals surface area contributed by atoms with Crippen molar-refractivity contribution in [3.63, 3.8) is 0 Å². The average molecular weight is 393 g/mol. The van der Waals surface area contributed by atoms with Crippen LogP contribution in [-0.4, -0.2) is 35.9 Å². The van der Waals surface area contributed by atoms with Crippen LogP contribution >= 0.6 is 0 Å². The van der Waals surface area contributed by atoms with Crippen molar-refractivity contribution in [1.82, 2.24) is 9.97 Å². The Bertz CT molecular complexity index is 1040. The first kappa shape index (κ1) is 18.7. The lowest BCUT2D eigenvalue weighted by atomic mass is 9.85. The molecule has 0 aliphatic heterocycles. The fourth-order valence-corrected chi connectivity index (χ4v) is 3.34. The van der Waals surface area contributed by atoms with E-state index in [1.54, 1.807) is 30.5 Å². The number of amides is 1. The number of methoxy groups -OCH3 is 2. The summed E-state index contributed by atoms with van der Waals surface area (Å²) in [5, 5.41) is 2.67. The molecule has 1 aliphatic carbocycles. The molecule has 1 atom stereocenters. The number of fused-ring (bicyclic) bond motifs is 1. The number of carbonyl (C=O) groups is 2. The van der Waals surface area contributed by atoms with Crippen LogP contribution in [0.5, 0.6) is 11.5 Å². The smallest absolute Gasteiger partial charge is 0.258 e. The van der Waals surface area contributed by atoms with Crippen molar-refractivity contribution in [2.45, 2.75) is 18.8 Å². The number of hydrogen-bond donors (Lipinski definition) is 1. The van der Waals surface area contributed by atoms with E-state index >= 15 is 0 Å². The van der Waals surface area contributed by atoms with E-state index in [0.717, 1.165) is 5.76 Å². The van der Waals surface area contributed by atoms with E-state index in [1.807, 2.05) is 6.07 Å². The molecular weight excluding hydrogens is 374 g/mol. The fourth-order valence-electron chi connectivity index (χ4n) is 3.34. The van der Waals surface area contributed by atoms with Gasteiger partial charge in [0.05, 0.1) is 31.7 Å². The highest BCUT2D eigenvalue weighted by Crippen LogP contribution is 2.32. The molecule has 1 amide bonds. The number of benzene rings is 1. The Labute approximate surface area is 166 Å². The molecule has 1 N–H and O–H groups in total. The highest BCUT2D eigenvalue weighted by atomic mass is 16.5. The average Bonchev–Trinajstić information content (AvgIpc) is 3.28. The lowest BCUT2D eigenvalue weighted by Crippen LogP contribution is -2.22. The number of hydrogen-bond acceptors (Lipinski definition) is 7. The molecule has 4 rings (SSSR count). The van der Waals surface area contributed by atoms with E-state index in [1.165, 1.54) is 20.4 Å². The Morgan fingerprint density at radius 1 is 1.17 bits per heavy atom. The molecule has 0 spiro atoms. The summed E-state index contributed by atoms with van der Waals surface area (Å²) < 4.78 is 15.8. The van der Waals surface area contributed by atoms with Crippen LogP contribution in [0.1, 0.15) is 44.5 Å². The van der Waals surface area contributed by atoms with Crippen LogP contribution in [0.3, 0.4) is 0 Å². The summed E-state index contributed by atoms with van der Waals surface area (Å²) in [7, 11) is 3.02. The Balaban J connectivity index is 1.57. The number of aromatic nitrogens is 2. The van der Waals surface area contributed by atoms with E-state index in [2.05, 4.69) is 15.3 Å². The molecule has 0 saturated heterocycles. The standard InChI is InChI=1S/C21H19N3O5/c1-27-14-6-13(7-15(10-14)28-2)20(26)24-21-22-11-16-17(23-21)8-12(9-18(16)25)19-4-3-5-29-19/h3-7,10-12H,8-9H2,1-2H3,(H,22,23,24,26). The molecule has 1 unspecified atom stereocenters. The normalized spacial score (nSPS) is 15.5. The van der Waals surface area contributed by atoms with Crippen LogP contribution in [0.4, 0.5) is 5.95 Å². The van der Waals surface area contributed by atoms with E-state index in [-0.39, 0.29) is 17.6 Å². The lowest BCUT2D eigenvalue weighted by molar-refractivity contribution is 0.0958. The van der Waals surface area contributed by atoms with Gasteiger partial charge in [-0.1, -0.05) is 0 Å². The SMILES string of the molecule is COc1cc(OC)cc(C(=O)Nc2ncc3c(n2)CC(c2ccco2)CC3=O)c1. The zero-order valence-corrected chi connectivity index (χ0v) is 16.0. The topological polar surface area (TPSA) is 104 Å². The molecule has 1 aromatic carbocycles. The van der Waals surface area contributed by atoms with Crippen LogP contribution in [0.25, 0.3) is 0 Å². The van der Waals surface area contributed by atoms with Gasteiger partial charge in [0, 0.05) is 36.6 Å². The molecule has 0 saturated carbocycles. The van der Waals surface area contributed by atoms with Gasteiger partial charge in [-0.15, -0.1) is 0 Å². The van der Waals surface area contributed by atoms with Crippen molar-refractivity contribution in [3.8, 4) is 11.5 Å². The summed E-state index contributed by atoms with van der Waals surface area (Å²) in [5.41, 5.74) is 1.41. The van der Waals surface area contributed by atoms with Crippen molar-refractivity contribution >= 4 is 17.6 Å². The first-order valence-corrected chi connectivity index (χ1v) is 9.04. The van der Waals surface area contributed by atoms with Crippen molar-refractivity contribution < 1.29 is 23.5 Å². The fraction of sp³-hybridized carbons (Fsp3) is 0.238. The minimum Gasteiger partial charge on any atom is -0.497 e. The lowest BCUT2D eigenvalue weighted by Gasteiger charge is -2.21. The number of ketones is 1. The first-order valence-electron chi connectivity index (χ1n) is 9.04. The number of rotatable bonds is 5. The predicted octanol–water partition coefficient (Wildman–Crippen LogP) is 3.25. The van der Waals surface area contributed by atoms with Crippen molar-refractivity contribution in [2.24, 2.45) is 0 Å². The van der Waals surface area contributed by atoms with Gasteiger partial charge in [0.1, 0.15) is 17.3 Å². The molecular formula is C21H19N3O5. The van der Waals surface area contributed by atoms with E-state index in [0.29, 0.717) is 41.2 Å². The van der Waals surface area contributed by atoms with E-state index < -0.39 is 5.91 Å². The molecule has 29 heavy (non-hydrogen) atoms. The van der Waals surface area contributed by atoms with Gasteiger partial charge >= 0.3 is 0 Å². The van der Waals surface area contributed by atoms with Gasteiger partial charge in [0.2, 0.25) is 5.95 Å². The summed E-state index contributed by atoms with van der Waals surface area (Å²) in [6.45, 7) is 0. The summed E-state index contributed by atoms with van der Waals surface area (Å²) in [5.74, 6) is 1.33. The van der Waals surface area contributed by atoms with Crippen molar-refractivity contribution in [2.75, 3.05) is 19.5 Å². The maximum atomic E-state index is 12.6. The van der Waals surface area contributed by atoms with Gasteiger partial charge < -0.3 is 13.9 Å². The highest BCUT2D eigenvalue weighted by molar-refractivity contribution is 6.04. The molecule has 0 radical (unpaired) electrons. The van der Waals surface area contributed by atoms with E-state index in [9.17, 15) is 9.59 Å². The third-order valence-corrected chi connectivity index (χ3v) is 4.82. The Morgan fingerprint density at radius 2 is 1.93 bits per heavy atom. The molecule has 8 heteroatoms. The molecule has 1 aliphatic rings. The predicted molar refractivity (Wildman–Crippen MR) is 104 cm³/mol. The number of furan rings is 1. The Kier molecular flexibility index (Phi) is 4.99. The monoisotopic (exact) mass is 393 g/mol. The molecule has 3 aromatic rings. The zero-order chi connectivity index (χ0) is 20.4. The van der Waals surface area contributed by atoms with Crippen molar-refractivity contribution in [3.05, 3.63) is 65.4 Å². The largest absolute Gasteiger partial charge is 0.497 e. The number of carbonyl (C=O) groups excluding carboxylic acids is 2. The summed E-state index contributed by atoms with van der Waals surface area (Å²) in [4.78, 5) is 33.6. The quantitative estimate of drug-likeness (QED) is 0.709. The second-order valence-electron chi connectivity index (χ2n) is 6.65. The number of anilines is 1. The summed E-state index contributed by atoms with van der Waals surface area (Å²) in [6.07, 6.45) is 3.93. The van der Waals surface area contributed by atoms with Crippen molar-refractivity contribution in [1.29, 1.82) is 0 Å². The zero-order valence-electron chi connectivity index (χ0n) is 16.0. The van der Waals surface area contributed by atoms with E-state index in [4.69, 9.17) is 13.9 Å². The maximum Gasteiger partial charge on any atom is 0.258 e. The summed E-state index contributed by atoms with van der Waals surface area (Å²) in [6, 6.07) is 8.50. The maximum absolute atomic E-state index is 12.6. The highest BCUT2D eigenvalue weighted by Gasteiger charge is 2.29. The minimum absolute atomic E-state index is 0.0388. The number of ether oxygens (including phenoxy) is 2. The van der Waals surface area contributed by atoms with Crippen LogP contribution in [0.15, 0.2) is 47.2 Å². The molecule has 0 fully saturated rings. The van der Waals surface area contributed by atoms with Gasteiger partial charge in [-0.2, -0.15) is 0 Å². The molecule has 0 bridgehead atoms. The van der Waals surface area contributed by atoms with Gasteiger partial charge in [-0.3, -0.25) is 14.9 Å². The number of nitrogens with zero attached hydrogens (tertiary/aromatic N) is 2. The van der Waals surface area contributed by atoms with Gasteiger partial charge in [0.25, 0.3) is 5.91 Å². The van der Waals surface area contributed by atoms with Crippen LogP contribution < -0.4 is 14.8 Å². The second kappa shape index (κ2) is 7.75. The van der Waals surface area contributed by atoms with Gasteiger partial charge in [0.15, 0.2) is 5.78 Å². The third-order valence-electron chi connectivity index (χ3n) is 4.82. The molecule has 148 valence electrons. The first-order chi connectivity index (χ1) is 14.1. The molecule has 8 nitrogen and oxygen atoms in total. The van der Waals surface area contributed by atoms with Crippen LogP contribution in [-0.2, 0) is 6.42 Å². The van der Waals surface area contributed by atoms with Gasteiger partial charge in [-0.05, 0) is 24.3 Å².